The fourth-order valence-corrected chi connectivity index (χ4v) is 4.97. The number of fused-ring (bicyclic) bond motifs is 1. The van der Waals surface area contributed by atoms with Gasteiger partial charge in [-0.15, -0.1) is 11.3 Å². The molecule has 1 saturated heterocycles. The summed E-state index contributed by atoms with van der Waals surface area (Å²) in [7, 11) is 3.13. The number of benzene rings is 1. The van der Waals surface area contributed by atoms with Crippen LogP contribution in [0.15, 0.2) is 18.2 Å². The van der Waals surface area contributed by atoms with Crippen molar-refractivity contribution in [2.75, 3.05) is 45.3 Å². The van der Waals surface area contributed by atoms with Gasteiger partial charge in [-0.2, -0.15) is 0 Å². The Kier molecular flexibility index (Phi) is 5.51. The van der Waals surface area contributed by atoms with Crippen molar-refractivity contribution in [2.45, 2.75) is 20.8 Å². The molecule has 0 aliphatic carbocycles. The van der Waals surface area contributed by atoms with Crippen LogP contribution in [0.2, 0.25) is 0 Å². The average Bonchev–Trinajstić information content (AvgIpc) is 3.05. The molecule has 4 rings (SSSR count). The van der Waals surface area contributed by atoms with E-state index in [0.29, 0.717) is 43.2 Å². The van der Waals surface area contributed by atoms with E-state index in [0.717, 1.165) is 21.9 Å². The predicted octanol–water partition coefficient (Wildman–Crippen LogP) is 3.60. The number of methoxy groups -OCH3 is 2. The maximum Gasteiger partial charge on any atom is 0.261 e. The number of carbonyl (C=O) groups excluding carboxylic acids is 1. The second-order valence-electron chi connectivity index (χ2n) is 7.37. The van der Waals surface area contributed by atoms with E-state index in [-0.39, 0.29) is 5.91 Å². The Hall–Kier alpha value is -2.87. The van der Waals surface area contributed by atoms with Gasteiger partial charge >= 0.3 is 0 Å². The van der Waals surface area contributed by atoms with Crippen molar-refractivity contribution in [3.8, 4) is 11.5 Å². The van der Waals surface area contributed by atoms with Crippen LogP contribution in [0, 0.1) is 20.8 Å². The van der Waals surface area contributed by atoms with Gasteiger partial charge in [0.2, 0.25) is 0 Å². The largest absolute Gasteiger partial charge is 0.496 e. The molecule has 2 aromatic heterocycles. The minimum absolute atomic E-state index is 0.0736. The van der Waals surface area contributed by atoms with E-state index in [1.165, 1.54) is 10.4 Å². The Morgan fingerprint density at radius 2 is 1.63 bits per heavy atom. The number of thiophene rings is 1. The van der Waals surface area contributed by atoms with Crippen molar-refractivity contribution in [3.05, 3.63) is 40.0 Å². The zero-order chi connectivity index (χ0) is 21.4. The highest BCUT2D eigenvalue weighted by Gasteiger charge is 2.28. The first-order chi connectivity index (χ1) is 14.4. The third-order valence-corrected chi connectivity index (χ3v) is 6.73. The van der Waals surface area contributed by atoms with E-state index >= 15 is 0 Å². The quantitative estimate of drug-likeness (QED) is 0.635. The van der Waals surface area contributed by atoms with Gasteiger partial charge in [-0.3, -0.25) is 4.79 Å². The maximum absolute atomic E-state index is 13.2. The van der Waals surface area contributed by atoms with Gasteiger partial charge in [0.05, 0.1) is 19.6 Å². The summed E-state index contributed by atoms with van der Waals surface area (Å²) in [4.78, 5) is 29.0. The third kappa shape index (κ3) is 3.45. The summed E-state index contributed by atoms with van der Waals surface area (Å²) in [6.45, 7) is 8.81. The molecule has 8 heteroatoms. The average molecular weight is 427 g/mol. The van der Waals surface area contributed by atoms with E-state index in [1.54, 1.807) is 37.7 Å². The topological polar surface area (TPSA) is 67.8 Å². The van der Waals surface area contributed by atoms with E-state index < -0.39 is 0 Å². The smallest absolute Gasteiger partial charge is 0.261 e. The number of carbonyl (C=O) groups is 1. The van der Waals surface area contributed by atoms with Crippen LogP contribution in [-0.4, -0.2) is 61.2 Å². The summed E-state index contributed by atoms with van der Waals surface area (Å²) >= 11 is 1.71. The number of hydrogen-bond acceptors (Lipinski definition) is 7. The van der Waals surface area contributed by atoms with Crippen molar-refractivity contribution < 1.29 is 14.3 Å². The molecule has 158 valence electrons. The number of hydrogen-bond donors (Lipinski definition) is 0. The van der Waals surface area contributed by atoms with Crippen molar-refractivity contribution in [1.82, 2.24) is 14.9 Å². The van der Waals surface area contributed by atoms with Crippen molar-refractivity contribution in [3.63, 3.8) is 0 Å². The highest BCUT2D eigenvalue weighted by atomic mass is 32.1. The first-order valence-electron chi connectivity index (χ1n) is 9.94. The molecule has 1 aliphatic heterocycles. The van der Waals surface area contributed by atoms with Gasteiger partial charge in [0.25, 0.3) is 5.91 Å². The van der Waals surface area contributed by atoms with Crippen LogP contribution in [-0.2, 0) is 0 Å². The monoisotopic (exact) mass is 426 g/mol. The number of amides is 1. The van der Waals surface area contributed by atoms with Crippen LogP contribution in [0.4, 0.5) is 5.82 Å². The van der Waals surface area contributed by atoms with Gasteiger partial charge in [0.15, 0.2) is 0 Å². The van der Waals surface area contributed by atoms with Crippen molar-refractivity contribution in [1.29, 1.82) is 0 Å². The molecule has 1 amide bonds. The van der Waals surface area contributed by atoms with Gasteiger partial charge in [0, 0.05) is 31.1 Å². The van der Waals surface area contributed by atoms with Crippen LogP contribution >= 0.6 is 11.3 Å². The number of nitrogens with zero attached hydrogens (tertiary/aromatic N) is 4. The molecule has 7 nitrogen and oxygen atoms in total. The fraction of sp³-hybridized carbons (Fsp3) is 0.409. The molecule has 1 aliphatic rings. The SMILES string of the molecule is COc1cccc(OC)c1C(=O)N1CCN(c2nc(C)nc3sc(C)c(C)c23)CC1. The number of aryl methyl sites for hydroxylation is 3. The van der Waals surface area contributed by atoms with Crippen molar-refractivity contribution in [2.24, 2.45) is 0 Å². The first-order valence-corrected chi connectivity index (χ1v) is 10.8. The Bertz CT molecular complexity index is 1080. The minimum Gasteiger partial charge on any atom is -0.496 e. The Morgan fingerprint density at radius 1 is 1.00 bits per heavy atom. The maximum atomic E-state index is 13.2. The van der Waals surface area contributed by atoms with Gasteiger partial charge in [0.1, 0.15) is 33.5 Å². The van der Waals surface area contributed by atoms with Crippen LogP contribution in [0.25, 0.3) is 10.2 Å². The lowest BCUT2D eigenvalue weighted by atomic mass is 10.1. The summed E-state index contributed by atoms with van der Waals surface area (Å²) in [5, 5.41) is 1.13. The summed E-state index contributed by atoms with van der Waals surface area (Å²) in [5.41, 5.74) is 1.71. The molecule has 0 bridgehead atoms. The van der Waals surface area contributed by atoms with Crippen LogP contribution in [0.1, 0.15) is 26.6 Å². The number of ether oxygens (including phenoxy) is 2. The molecule has 1 fully saturated rings. The third-order valence-electron chi connectivity index (χ3n) is 5.63. The number of aromatic nitrogens is 2. The molecule has 0 saturated carbocycles. The number of anilines is 1. The van der Waals surface area contributed by atoms with E-state index in [9.17, 15) is 4.79 Å². The second kappa shape index (κ2) is 8.10. The Morgan fingerprint density at radius 3 is 2.23 bits per heavy atom. The molecular formula is C22H26N4O3S. The van der Waals surface area contributed by atoms with E-state index in [4.69, 9.17) is 14.5 Å². The summed E-state index contributed by atoms with van der Waals surface area (Å²) < 4.78 is 10.8. The van der Waals surface area contributed by atoms with Gasteiger partial charge in [-0.25, -0.2) is 9.97 Å². The first kappa shape index (κ1) is 20.4. The molecule has 0 spiro atoms. The van der Waals surface area contributed by atoms with Crippen LogP contribution in [0.3, 0.4) is 0 Å². The molecule has 0 radical (unpaired) electrons. The van der Waals surface area contributed by atoms with Gasteiger partial charge < -0.3 is 19.3 Å². The zero-order valence-corrected chi connectivity index (χ0v) is 18.8. The number of piperazine rings is 1. The standard InChI is InChI=1S/C22H26N4O3S/c1-13-14(2)30-21-18(13)20(23-15(3)24-21)25-9-11-26(12-10-25)22(27)19-16(28-4)7-6-8-17(19)29-5/h6-8H,9-12H2,1-5H3. The fourth-order valence-electron chi connectivity index (χ4n) is 3.90. The molecule has 1 aromatic carbocycles. The zero-order valence-electron chi connectivity index (χ0n) is 18.0. The van der Waals surface area contributed by atoms with E-state index in [1.807, 2.05) is 17.9 Å². The summed E-state index contributed by atoms with van der Waals surface area (Å²) in [6, 6.07) is 5.39. The summed E-state index contributed by atoms with van der Waals surface area (Å²) in [6.07, 6.45) is 0. The van der Waals surface area contributed by atoms with Crippen LogP contribution in [0.5, 0.6) is 11.5 Å². The lowest BCUT2D eigenvalue weighted by molar-refractivity contribution is 0.0739. The summed E-state index contributed by atoms with van der Waals surface area (Å²) in [5.74, 6) is 2.73. The second-order valence-corrected chi connectivity index (χ2v) is 8.58. The highest BCUT2D eigenvalue weighted by molar-refractivity contribution is 7.18. The number of rotatable bonds is 4. The molecule has 3 heterocycles. The Labute approximate surface area is 180 Å². The molecular weight excluding hydrogens is 400 g/mol. The van der Waals surface area contributed by atoms with Gasteiger partial charge in [-0.05, 0) is 38.5 Å². The molecule has 30 heavy (non-hydrogen) atoms. The lowest BCUT2D eigenvalue weighted by Crippen LogP contribution is -2.49. The molecule has 0 atom stereocenters. The molecule has 0 N–H and O–H groups in total. The van der Waals surface area contributed by atoms with E-state index in [2.05, 4.69) is 23.7 Å². The molecule has 3 aromatic rings. The minimum atomic E-state index is -0.0736. The van der Waals surface area contributed by atoms with Crippen molar-refractivity contribution >= 4 is 33.3 Å². The normalized spacial score (nSPS) is 14.3. The van der Waals surface area contributed by atoms with Crippen LogP contribution < -0.4 is 14.4 Å². The highest BCUT2D eigenvalue weighted by Crippen LogP contribution is 2.35. The van der Waals surface area contributed by atoms with Gasteiger partial charge in [-0.1, -0.05) is 6.07 Å². The predicted molar refractivity (Wildman–Crippen MR) is 119 cm³/mol. The lowest BCUT2D eigenvalue weighted by Gasteiger charge is -2.36. The molecule has 0 unspecified atom stereocenters. The Balaban J connectivity index is 1.59.